The van der Waals surface area contributed by atoms with Crippen LogP contribution in [0.15, 0.2) is 60.7 Å². The first kappa shape index (κ1) is 38.9. The highest BCUT2D eigenvalue weighted by Crippen LogP contribution is 2.34. The Hall–Kier alpha value is -3.85. The molecule has 2 aliphatic heterocycles. The van der Waals surface area contributed by atoms with Crippen molar-refractivity contribution in [3.8, 4) is 0 Å². The number of sulfonamides is 1. The summed E-state index contributed by atoms with van der Waals surface area (Å²) in [5.74, 6) is -1.79. The molecule has 0 radical (unpaired) electrons. The van der Waals surface area contributed by atoms with Gasteiger partial charge in [-0.05, 0) is 62.1 Å². The number of hydrogen-bond acceptors (Lipinski definition) is 8. The molecule has 2 bridgehead atoms. The van der Waals surface area contributed by atoms with E-state index in [1.54, 1.807) is 4.90 Å². The van der Waals surface area contributed by atoms with Gasteiger partial charge >= 0.3 is 0 Å². The molecule has 4 amide bonds. The van der Waals surface area contributed by atoms with Crippen molar-refractivity contribution in [1.82, 2.24) is 25.2 Å². The van der Waals surface area contributed by atoms with Crippen molar-refractivity contribution in [3.63, 3.8) is 0 Å². The molecule has 2 aromatic carbocycles. The Labute approximate surface area is 295 Å². The second-order valence-electron chi connectivity index (χ2n) is 14.0. The molecule has 4 rings (SSSR count). The summed E-state index contributed by atoms with van der Waals surface area (Å²) in [5.41, 5.74) is 13.7. The van der Waals surface area contributed by atoms with Gasteiger partial charge in [0.2, 0.25) is 33.7 Å². The fraction of sp³-hybridized carbons (Fsp3) is 0.556. The van der Waals surface area contributed by atoms with Gasteiger partial charge in [0.15, 0.2) is 0 Å². The second-order valence-corrected chi connectivity index (χ2v) is 15.9. The number of likely N-dealkylation sites (tertiary alicyclic amines) is 1. The molecule has 2 aromatic rings. The van der Waals surface area contributed by atoms with Gasteiger partial charge in [0.05, 0.1) is 12.3 Å². The summed E-state index contributed by atoms with van der Waals surface area (Å²) in [6, 6.07) is 14.3. The van der Waals surface area contributed by atoms with Crippen LogP contribution >= 0.6 is 0 Å². The van der Waals surface area contributed by atoms with Gasteiger partial charge in [-0.3, -0.25) is 19.2 Å². The van der Waals surface area contributed by atoms with Crippen molar-refractivity contribution in [2.45, 2.75) is 95.0 Å². The van der Waals surface area contributed by atoms with Crippen LogP contribution in [0.25, 0.3) is 0 Å². The van der Waals surface area contributed by atoms with Gasteiger partial charge in [0.1, 0.15) is 18.1 Å². The lowest BCUT2D eigenvalue weighted by Gasteiger charge is -2.56. The maximum absolute atomic E-state index is 13.9. The van der Waals surface area contributed by atoms with E-state index in [4.69, 9.17) is 11.5 Å². The first-order chi connectivity index (χ1) is 23.8. The quantitative estimate of drug-likeness (QED) is 0.139. The Balaban J connectivity index is 1.48. The summed E-state index contributed by atoms with van der Waals surface area (Å²) >= 11 is 0. The smallest absolute Gasteiger partial charge is 0.245 e. The van der Waals surface area contributed by atoms with Gasteiger partial charge in [-0.25, -0.2) is 8.42 Å². The number of nitrogens with one attached hydrogen (secondary N) is 3. The number of hydrogen-bond donors (Lipinski definition) is 5. The molecule has 14 heteroatoms. The molecule has 274 valence electrons. The first-order valence-electron chi connectivity index (χ1n) is 17.5. The summed E-state index contributed by atoms with van der Waals surface area (Å²) in [7, 11) is -3.38. The number of carbonyl (C=O) groups is 4. The van der Waals surface area contributed by atoms with Crippen LogP contribution in [0, 0.1) is 5.92 Å². The van der Waals surface area contributed by atoms with Crippen molar-refractivity contribution in [2.24, 2.45) is 17.4 Å². The number of nitrogens with zero attached hydrogens (tertiary/aromatic N) is 2. The largest absolute Gasteiger partial charge is 0.343 e. The van der Waals surface area contributed by atoms with E-state index in [0.29, 0.717) is 38.6 Å². The minimum absolute atomic E-state index is 0.00983. The van der Waals surface area contributed by atoms with Crippen molar-refractivity contribution >= 4 is 33.7 Å². The van der Waals surface area contributed by atoms with Crippen LogP contribution in [0.3, 0.4) is 0 Å². The molecule has 2 heterocycles. The lowest BCUT2D eigenvalue weighted by Crippen LogP contribution is -2.72. The number of amides is 4. The highest BCUT2D eigenvalue weighted by atomic mass is 32.2. The first-order valence-corrected chi connectivity index (χ1v) is 19.3. The molecule has 2 aliphatic rings. The monoisotopic (exact) mass is 711 g/mol. The van der Waals surface area contributed by atoms with Gasteiger partial charge in [0.25, 0.3) is 0 Å². The molecule has 0 aliphatic carbocycles. The molecule has 0 spiro atoms. The topological polar surface area (TPSA) is 197 Å². The Morgan fingerprint density at radius 3 is 1.84 bits per heavy atom. The number of fused-ring (bicyclic) bond motifs is 2. The third kappa shape index (κ3) is 10.8. The predicted molar refractivity (Wildman–Crippen MR) is 192 cm³/mol. The van der Waals surface area contributed by atoms with Gasteiger partial charge in [-0.15, -0.1) is 0 Å². The number of nitrogens with two attached hydrogens (primary N) is 2. The SMILES string of the molecule is CC(C)CC(NC(=O)C(Cc1ccccc1)NC(=O)C(N)Cc1ccccc1)C(=O)NC(CCCCN)C(=O)N1C2CC1CN(S(C)(=O)=O)C2. The van der Waals surface area contributed by atoms with Crippen molar-refractivity contribution in [1.29, 1.82) is 0 Å². The third-order valence-electron chi connectivity index (χ3n) is 9.34. The number of piperazine rings is 1. The number of carbonyl (C=O) groups excluding carboxylic acids is 4. The Bertz CT molecular complexity index is 1550. The van der Waals surface area contributed by atoms with Crippen LogP contribution in [0.4, 0.5) is 0 Å². The van der Waals surface area contributed by atoms with E-state index < -0.39 is 51.9 Å². The van der Waals surface area contributed by atoms with Crippen molar-refractivity contribution in [3.05, 3.63) is 71.8 Å². The molecule has 7 N–H and O–H groups in total. The molecular weight excluding hydrogens is 659 g/mol. The molecule has 0 saturated carbocycles. The van der Waals surface area contributed by atoms with Gasteiger partial charge in [-0.1, -0.05) is 74.5 Å². The van der Waals surface area contributed by atoms with Crippen LogP contribution in [0.5, 0.6) is 0 Å². The van der Waals surface area contributed by atoms with Crippen LogP contribution in [0.1, 0.15) is 57.1 Å². The maximum atomic E-state index is 13.9. The van der Waals surface area contributed by atoms with E-state index >= 15 is 0 Å². The maximum Gasteiger partial charge on any atom is 0.245 e. The fourth-order valence-electron chi connectivity index (χ4n) is 6.68. The molecule has 50 heavy (non-hydrogen) atoms. The highest BCUT2D eigenvalue weighted by molar-refractivity contribution is 7.88. The van der Waals surface area contributed by atoms with E-state index in [9.17, 15) is 27.6 Å². The molecule has 13 nitrogen and oxygen atoms in total. The van der Waals surface area contributed by atoms with Crippen LogP contribution < -0.4 is 27.4 Å². The van der Waals surface area contributed by atoms with Crippen LogP contribution in [0.2, 0.25) is 0 Å². The van der Waals surface area contributed by atoms with E-state index in [1.165, 1.54) is 4.31 Å². The zero-order chi connectivity index (χ0) is 36.4. The number of benzene rings is 2. The van der Waals surface area contributed by atoms with E-state index in [-0.39, 0.29) is 49.8 Å². The zero-order valence-electron chi connectivity index (χ0n) is 29.3. The van der Waals surface area contributed by atoms with Crippen molar-refractivity contribution < 1.29 is 27.6 Å². The second kappa shape index (κ2) is 17.9. The lowest BCUT2D eigenvalue weighted by atomic mass is 9.87. The van der Waals surface area contributed by atoms with Gasteiger partial charge in [-0.2, -0.15) is 4.31 Å². The predicted octanol–water partition coefficient (Wildman–Crippen LogP) is 0.673. The highest BCUT2D eigenvalue weighted by Gasteiger charge is 2.50. The number of rotatable bonds is 18. The minimum Gasteiger partial charge on any atom is -0.343 e. The molecule has 2 saturated heterocycles. The summed E-state index contributed by atoms with van der Waals surface area (Å²) in [6.07, 6.45) is 4.23. The van der Waals surface area contributed by atoms with Crippen molar-refractivity contribution in [2.75, 3.05) is 25.9 Å². The summed E-state index contributed by atoms with van der Waals surface area (Å²) < 4.78 is 25.7. The molecular formula is C36H53N7O6S. The zero-order valence-corrected chi connectivity index (χ0v) is 30.1. The van der Waals surface area contributed by atoms with Gasteiger partial charge < -0.3 is 32.3 Å². The average molecular weight is 712 g/mol. The van der Waals surface area contributed by atoms with Crippen LogP contribution in [-0.4, -0.2) is 103 Å². The lowest BCUT2D eigenvalue weighted by molar-refractivity contribution is -0.154. The molecule has 0 aromatic heterocycles. The Kier molecular flexibility index (Phi) is 13.9. The normalized spacial score (nSPS) is 19.8. The minimum atomic E-state index is -3.38. The van der Waals surface area contributed by atoms with E-state index in [1.807, 2.05) is 74.5 Å². The number of unbranched alkanes of at least 4 members (excludes halogenated alkanes) is 1. The average Bonchev–Trinajstić information content (AvgIpc) is 3.07. The fourth-order valence-corrected chi connectivity index (χ4v) is 7.56. The van der Waals surface area contributed by atoms with E-state index in [2.05, 4.69) is 16.0 Å². The molecule has 2 fully saturated rings. The number of piperidine rings is 1. The van der Waals surface area contributed by atoms with E-state index in [0.717, 1.165) is 17.4 Å². The molecule has 6 unspecified atom stereocenters. The van der Waals surface area contributed by atoms with Crippen LogP contribution in [-0.2, 0) is 42.0 Å². The summed E-state index contributed by atoms with van der Waals surface area (Å²) in [5, 5.41) is 8.60. The Morgan fingerprint density at radius 2 is 1.30 bits per heavy atom. The van der Waals surface area contributed by atoms with Gasteiger partial charge in [0, 0.05) is 31.6 Å². The Morgan fingerprint density at radius 1 is 0.780 bits per heavy atom. The summed E-state index contributed by atoms with van der Waals surface area (Å²) in [6.45, 7) is 4.73. The molecule has 6 atom stereocenters. The third-order valence-corrected chi connectivity index (χ3v) is 10.6. The summed E-state index contributed by atoms with van der Waals surface area (Å²) in [4.78, 5) is 56.7. The standard InChI is InChI=1S/C36H53N7O6S/c1-24(2)18-31(34(45)39-30(16-10-11-17-37)36(47)43-27-21-28(43)23-42(22-27)50(3,48)49)41-35(46)32(20-26-14-8-5-9-15-26)40-33(44)29(38)19-25-12-6-4-7-13-25/h4-9,12-15,24,27-32H,10-11,16-23,37-38H2,1-3H3,(H,39,45)(H,40,44)(H,41,46).